The fourth-order valence-electron chi connectivity index (χ4n) is 1.40. The number of halogens is 2. The molecular weight excluding hydrogens is 295 g/mol. The lowest BCUT2D eigenvalue weighted by Gasteiger charge is -2.05. The van der Waals surface area contributed by atoms with Gasteiger partial charge < -0.3 is 4.79 Å². The number of aldehydes is 1. The predicted molar refractivity (Wildman–Crippen MR) is 64.8 cm³/mol. The molecule has 1 aromatic heterocycles. The number of fused-ring (bicyclic) bond motifs is 1. The van der Waals surface area contributed by atoms with Crippen LogP contribution in [0.2, 0.25) is 5.28 Å². The molecule has 82 valence electrons. The Kier molecular flexibility index (Phi) is 3.07. The van der Waals surface area contributed by atoms with Gasteiger partial charge in [0, 0.05) is 4.47 Å². The van der Waals surface area contributed by atoms with Crippen LogP contribution in [0.25, 0.3) is 10.9 Å². The lowest BCUT2D eigenvalue weighted by Crippen LogP contribution is -2.22. The molecule has 1 heterocycles. The van der Waals surface area contributed by atoms with E-state index in [0.29, 0.717) is 17.2 Å². The van der Waals surface area contributed by atoms with Crippen LogP contribution < -0.4 is 5.56 Å². The molecule has 16 heavy (non-hydrogen) atoms. The highest BCUT2D eigenvalue weighted by Gasteiger charge is 2.08. The average Bonchev–Trinajstić information content (AvgIpc) is 2.26. The molecule has 0 saturated carbocycles. The number of hydrogen-bond acceptors (Lipinski definition) is 3. The van der Waals surface area contributed by atoms with Gasteiger partial charge in [-0.05, 0) is 29.8 Å². The molecule has 0 amide bonds. The molecule has 0 aliphatic carbocycles. The van der Waals surface area contributed by atoms with E-state index in [0.717, 1.165) is 9.04 Å². The van der Waals surface area contributed by atoms with E-state index >= 15 is 0 Å². The van der Waals surface area contributed by atoms with Gasteiger partial charge in [0.15, 0.2) is 0 Å². The third kappa shape index (κ3) is 1.88. The Bertz CT molecular complexity index is 624. The normalized spacial score (nSPS) is 10.6. The van der Waals surface area contributed by atoms with Crippen LogP contribution in [0, 0.1) is 0 Å². The number of benzene rings is 1. The molecule has 0 radical (unpaired) electrons. The van der Waals surface area contributed by atoms with Gasteiger partial charge in [-0.15, -0.1) is 0 Å². The van der Waals surface area contributed by atoms with Gasteiger partial charge in [0.25, 0.3) is 5.56 Å². The monoisotopic (exact) mass is 300 g/mol. The summed E-state index contributed by atoms with van der Waals surface area (Å²) in [7, 11) is 0. The highest BCUT2D eigenvalue weighted by molar-refractivity contribution is 9.10. The topological polar surface area (TPSA) is 52.0 Å². The Balaban J connectivity index is 2.85. The first-order chi connectivity index (χ1) is 7.63. The molecule has 6 heteroatoms. The van der Waals surface area contributed by atoms with Gasteiger partial charge in [-0.1, -0.05) is 15.9 Å². The van der Waals surface area contributed by atoms with Crippen molar-refractivity contribution in [1.82, 2.24) is 9.55 Å². The summed E-state index contributed by atoms with van der Waals surface area (Å²) in [6, 6.07) is 5.12. The van der Waals surface area contributed by atoms with Gasteiger partial charge in [-0.2, -0.15) is 0 Å². The van der Waals surface area contributed by atoms with Crippen LogP contribution in [0.3, 0.4) is 0 Å². The maximum atomic E-state index is 12.0. The standard InChI is InChI=1S/C10H6BrClN2O2/c11-6-1-2-8-7(5-6)9(16)14(3-4-15)10(12)13-8/h1-2,4-5H,3H2. The second-order valence-electron chi connectivity index (χ2n) is 3.12. The Hall–Kier alpha value is -1.20. The summed E-state index contributed by atoms with van der Waals surface area (Å²) < 4.78 is 1.91. The summed E-state index contributed by atoms with van der Waals surface area (Å²) in [6.45, 7) is -0.0902. The van der Waals surface area contributed by atoms with Crippen molar-refractivity contribution in [2.24, 2.45) is 0 Å². The zero-order valence-electron chi connectivity index (χ0n) is 7.98. The van der Waals surface area contributed by atoms with Gasteiger partial charge in [0.1, 0.15) is 6.29 Å². The van der Waals surface area contributed by atoms with Crippen LogP contribution >= 0.6 is 27.5 Å². The second-order valence-corrected chi connectivity index (χ2v) is 4.38. The van der Waals surface area contributed by atoms with E-state index < -0.39 is 0 Å². The molecule has 0 atom stereocenters. The molecule has 0 saturated heterocycles. The van der Waals surface area contributed by atoms with E-state index in [4.69, 9.17) is 11.6 Å². The summed E-state index contributed by atoms with van der Waals surface area (Å²) in [5.74, 6) is 0. The Morgan fingerprint density at radius 2 is 2.25 bits per heavy atom. The quantitative estimate of drug-likeness (QED) is 0.630. The highest BCUT2D eigenvalue weighted by atomic mass is 79.9. The molecule has 0 aliphatic rings. The average molecular weight is 302 g/mol. The minimum Gasteiger partial charge on any atom is -0.301 e. The lowest BCUT2D eigenvalue weighted by molar-refractivity contribution is -0.108. The molecule has 0 bridgehead atoms. The zero-order valence-corrected chi connectivity index (χ0v) is 10.3. The van der Waals surface area contributed by atoms with Gasteiger partial charge >= 0.3 is 0 Å². The predicted octanol–water partition coefficient (Wildman–Crippen LogP) is 2.01. The molecule has 4 nitrogen and oxygen atoms in total. The minimum absolute atomic E-state index is 0.0203. The Morgan fingerprint density at radius 1 is 1.50 bits per heavy atom. The SMILES string of the molecule is O=CCn1c(Cl)nc2ccc(Br)cc2c1=O. The molecule has 0 fully saturated rings. The second kappa shape index (κ2) is 4.35. The van der Waals surface area contributed by atoms with Gasteiger partial charge in [0.2, 0.25) is 5.28 Å². The minimum atomic E-state index is -0.316. The van der Waals surface area contributed by atoms with Gasteiger partial charge in [0.05, 0.1) is 17.4 Å². The first-order valence-corrected chi connectivity index (χ1v) is 5.60. The van der Waals surface area contributed by atoms with Crippen molar-refractivity contribution in [3.63, 3.8) is 0 Å². The maximum Gasteiger partial charge on any atom is 0.262 e. The van der Waals surface area contributed by atoms with Crippen LogP contribution in [0.5, 0.6) is 0 Å². The number of rotatable bonds is 2. The summed E-state index contributed by atoms with van der Waals surface area (Å²) >= 11 is 9.08. The highest BCUT2D eigenvalue weighted by Crippen LogP contribution is 2.17. The number of nitrogens with zero attached hydrogens (tertiary/aromatic N) is 2. The maximum absolute atomic E-state index is 12.0. The molecule has 2 aromatic rings. The molecular formula is C10H6BrClN2O2. The fourth-order valence-corrected chi connectivity index (χ4v) is 2.00. The number of carbonyl (C=O) groups excluding carboxylic acids is 1. The Labute approximate surface area is 104 Å². The lowest BCUT2D eigenvalue weighted by atomic mass is 10.2. The van der Waals surface area contributed by atoms with Gasteiger partial charge in [-0.3, -0.25) is 9.36 Å². The van der Waals surface area contributed by atoms with Crippen molar-refractivity contribution < 1.29 is 4.79 Å². The smallest absolute Gasteiger partial charge is 0.262 e. The fraction of sp³-hybridized carbons (Fsp3) is 0.100. The van der Waals surface area contributed by atoms with E-state index in [2.05, 4.69) is 20.9 Å². The molecule has 0 unspecified atom stereocenters. The van der Waals surface area contributed by atoms with E-state index in [1.165, 1.54) is 0 Å². The van der Waals surface area contributed by atoms with Gasteiger partial charge in [-0.25, -0.2) is 4.98 Å². The summed E-state index contributed by atoms with van der Waals surface area (Å²) in [5, 5.41) is 0.451. The first-order valence-electron chi connectivity index (χ1n) is 4.42. The molecule has 1 aromatic carbocycles. The number of aromatic nitrogens is 2. The summed E-state index contributed by atoms with van der Waals surface area (Å²) in [6.07, 6.45) is 0.610. The molecule has 0 aliphatic heterocycles. The molecule has 0 N–H and O–H groups in total. The first kappa shape index (κ1) is 11.3. The third-order valence-corrected chi connectivity index (χ3v) is 2.91. The Morgan fingerprint density at radius 3 is 2.94 bits per heavy atom. The van der Waals surface area contributed by atoms with E-state index in [9.17, 15) is 9.59 Å². The van der Waals surface area contributed by atoms with Crippen LogP contribution in [-0.4, -0.2) is 15.8 Å². The van der Waals surface area contributed by atoms with Crippen LogP contribution in [0.1, 0.15) is 0 Å². The van der Waals surface area contributed by atoms with E-state index in [1.807, 2.05) is 0 Å². The number of carbonyl (C=O) groups is 1. The van der Waals surface area contributed by atoms with Crippen molar-refractivity contribution in [2.45, 2.75) is 6.54 Å². The molecule has 0 spiro atoms. The van der Waals surface area contributed by atoms with Crippen molar-refractivity contribution in [2.75, 3.05) is 0 Å². The molecule has 2 rings (SSSR count). The van der Waals surface area contributed by atoms with Crippen LogP contribution in [0.4, 0.5) is 0 Å². The van der Waals surface area contributed by atoms with Crippen molar-refractivity contribution in [3.8, 4) is 0 Å². The zero-order chi connectivity index (χ0) is 11.7. The van der Waals surface area contributed by atoms with Crippen molar-refractivity contribution in [1.29, 1.82) is 0 Å². The summed E-state index contributed by atoms with van der Waals surface area (Å²) in [5.41, 5.74) is 0.198. The van der Waals surface area contributed by atoms with E-state index in [-0.39, 0.29) is 17.4 Å². The largest absolute Gasteiger partial charge is 0.301 e. The van der Waals surface area contributed by atoms with Crippen LogP contribution in [-0.2, 0) is 11.3 Å². The van der Waals surface area contributed by atoms with Crippen molar-refractivity contribution >= 4 is 44.7 Å². The summed E-state index contributed by atoms with van der Waals surface area (Å²) in [4.78, 5) is 26.4. The van der Waals surface area contributed by atoms with E-state index in [1.54, 1.807) is 18.2 Å². The van der Waals surface area contributed by atoms with Crippen molar-refractivity contribution in [3.05, 3.63) is 38.3 Å². The number of hydrogen-bond donors (Lipinski definition) is 0. The van der Waals surface area contributed by atoms with Crippen LogP contribution in [0.15, 0.2) is 27.5 Å². The third-order valence-electron chi connectivity index (χ3n) is 2.13.